The molecule has 1 aromatic rings. The smallest absolute Gasteiger partial charge is 0.223 e. The van der Waals surface area contributed by atoms with Crippen LogP contribution < -0.4 is 10.1 Å². The van der Waals surface area contributed by atoms with Crippen molar-refractivity contribution < 1.29 is 9.53 Å². The maximum atomic E-state index is 11.4. The van der Waals surface area contributed by atoms with Crippen LogP contribution in [0.5, 0.6) is 5.75 Å². The summed E-state index contributed by atoms with van der Waals surface area (Å²) in [4.78, 5) is 13.0. The van der Waals surface area contributed by atoms with Crippen molar-refractivity contribution >= 4 is 17.5 Å². The van der Waals surface area contributed by atoms with E-state index in [2.05, 4.69) is 5.32 Å². The number of benzene rings is 1. The van der Waals surface area contributed by atoms with Gasteiger partial charge in [-0.1, -0.05) is 11.6 Å². The number of hydrogen-bond donors (Lipinski definition) is 1. The molecule has 0 aliphatic heterocycles. The average Bonchev–Trinajstić information content (AvgIpc) is 2.34. The standard InChI is InChI=1S/C13H19ClN2O2/c1-16(2)13(17)6-7-15-9-10-8-11(14)4-5-12(10)18-3/h4-5,8,15H,6-7,9H2,1-3H3. The average molecular weight is 271 g/mol. The van der Waals surface area contributed by atoms with Gasteiger partial charge in [0.2, 0.25) is 5.91 Å². The van der Waals surface area contributed by atoms with Crippen molar-refractivity contribution in [3.05, 3.63) is 28.8 Å². The van der Waals surface area contributed by atoms with E-state index in [0.717, 1.165) is 11.3 Å². The first-order valence-corrected chi connectivity index (χ1v) is 6.15. The molecule has 0 saturated carbocycles. The molecule has 0 aromatic heterocycles. The Balaban J connectivity index is 2.44. The van der Waals surface area contributed by atoms with Crippen LogP contribution in [-0.2, 0) is 11.3 Å². The van der Waals surface area contributed by atoms with E-state index in [-0.39, 0.29) is 5.91 Å². The lowest BCUT2D eigenvalue weighted by molar-refractivity contribution is -0.128. The van der Waals surface area contributed by atoms with E-state index in [1.165, 1.54) is 0 Å². The Labute approximate surface area is 113 Å². The molecule has 0 spiro atoms. The molecule has 1 amide bonds. The van der Waals surface area contributed by atoms with Crippen LogP contribution in [0, 0.1) is 0 Å². The molecule has 0 fully saturated rings. The predicted molar refractivity (Wildman–Crippen MR) is 73.0 cm³/mol. The molecule has 0 aliphatic rings. The van der Waals surface area contributed by atoms with E-state index in [9.17, 15) is 4.79 Å². The Kier molecular flexibility index (Phi) is 5.95. The second-order valence-electron chi connectivity index (χ2n) is 4.17. The first kappa shape index (κ1) is 14.8. The number of halogens is 1. The number of methoxy groups -OCH3 is 1. The summed E-state index contributed by atoms with van der Waals surface area (Å²) >= 11 is 5.93. The Bertz CT molecular complexity index is 408. The summed E-state index contributed by atoms with van der Waals surface area (Å²) in [6.07, 6.45) is 0.482. The molecule has 5 heteroatoms. The fourth-order valence-electron chi connectivity index (χ4n) is 1.53. The lowest BCUT2D eigenvalue weighted by atomic mass is 10.2. The molecule has 0 bridgehead atoms. The summed E-state index contributed by atoms with van der Waals surface area (Å²) in [5.74, 6) is 0.909. The Morgan fingerprint density at radius 2 is 2.17 bits per heavy atom. The summed E-state index contributed by atoms with van der Waals surface area (Å²) in [6.45, 7) is 1.26. The van der Waals surface area contributed by atoms with Gasteiger partial charge in [-0.3, -0.25) is 4.79 Å². The molecule has 1 aromatic carbocycles. The van der Waals surface area contributed by atoms with Crippen molar-refractivity contribution in [2.24, 2.45) is 0 Å². The number of carbonyl (C=O) groups excluding carboxylic acids is 1. The summed E-state index contributed by atoms with van der Waals surface area (Å²) in [5, 5.41) is 3.88. The number of ether oxygens (including phenoxy) is 1. The van der Waals surface area contributed by atoms with Gasteiger partial charge in [-0.05, 0) is 18.2 Å². The van der Waals surface area contributed by atoms with Gasteiger partial charge in [-0.2, -0.15) is 0 Å². The lowest BCUT2D eigenvalue weighted by Crippen LogP contribution is -2.26. The Morgan fingerprint density at radius 1 is 1.44 bits per heavy atom. The lowest BCUT2D eigenvalue weighted by Gasteiger charge is -2.12. The maximum Gasteiger partial charge on any atom is 0.223 e. The summed E-state index contributed by atoms with van der Waals surface area (Å²) < 4.78 is 5.24. The highest BCUT2D eigenvalue weighted by Gasteiger charge is 2.05. The first-order chi connectivity index (χ1) is 8.54. The topological polar surface area (TPSA) is 41.6 Å². The molecule has 0 aliphatic carbocycles. The molecule has 100 valence electrons. The molecule has 1 rings (SSSR count). The quantitative estimate of drug-likeness (QED) is 0.803. The van der Waals surface area contributed by atoms with Crippen LogP contribution in [0.3, 0.4) is 0 Å². The van der Waals surface area contributed by atoms with Gasteiger partial charge < -0.3 is 15.0 Å². The van der Waals surface area contributed by atoms with Crippen molar-refractivity contribution in [3.63, 3.8) is 0 Å². The molecule has 0 saturated heterocycles. The van der Waals surface area contributed by atoms with Gasteiger partial charge in [0.1, 0.15) is 5.75 Å². The maximum absolute atomic E-state index is 11.4. The third-order valence-corrected chi connectivity index (χ3v) is 2.81. The minimum absolute atomic E-state index is 0.112. The van der Waals surface area contributed by atoms with Crippen LogP contribution in [0.15, 0.2) is 18.2 Å². The van der Waals surface area contributed by atoms with Crippen LogP contribution in [-0.4, -0.2) is 38.6 Å². The zero-order valence-electron chi connectivity index (χ0n) is 11.0. The van der Waals surface area contributed by atoms with Gasteiger partial charge in [0.25, 0.3) is 0 Å². The van der Waals surface area contributed by atoms with Gasteiger partial charge in [0.05, 0.1) is 7.11 Å². The van der Waals surface area contributed by atoms with Crippen molar-refractivity contribution in [1.29, 1.82) is 0 Å². The summed E-state index contributed by atoms with van der Waals surface area (Å²) in [5.41, 5.74) is 0.988. The molecule has 1 N–H and O–H groups in total. The fourth-order valence-corrected chi connectivity index (χ4v) is 1.72. The third kappa shape index (κ3) is 4.55. The minimum atomic E-state index is 0.112. The number of rotatable bonds is 6. The molecular formula is C13H19ClN2O2. The van der Waals surface area contributed by atoms with Gasteiger partial charge in [0, 0.05) is 44.2 Å². The zero-order chi connectivity index (χ0) is 13.5. The van der Waals surface area contributed by atoms with E-state index >= 15 is 0 Å². The van der Waals surface area contributed by atoms with Gasteiger partial charge in [-0.15, -0.1) is 0 Å². The van der Waals surface area contributed by atoms with Crippen LogP contribution in [0.25, 0.3) is 0 Å². The number of nitrogens with one attached hydrogen (secondary N) is 1. The normalized spacial score (nSPS) is 10.2. The number of carbonyl (C=O) groups is 1. The highest BCUT2D eigenvalue weighted by molar-refractivity contribution is 6.30. The third-order valence-electron chi connectivity index (χ3n) is 2.57. The molecule has 0 unspecified atom stereocenters. The van der Waals surface area contributed by atoms with E-state index in [1.54, 1.807) is 32.2 Å². The van der Waals surface area contributed by atoms with Crippen molar-refractivity contribution in [1.82, 2.24) is 10.2 Å². The van der Waals surface area contributed by atoms with E-state index < -0.39 is 0 Å². The number of hydrogen-bond acceptors (Lipinski definition) is 3. The highest BCUT2D eigenvalue weighted by atomic mass is 35.5. The molecule has 18 heavy (non-hydrogen) atoms. The highest BCUT2D eigenvalue weighted by Crippen LogP contribution is 2.22. The van der Waals surface area contributed by atoms with Crippen molar-refractivity contribution in [2.75, 3.05) is 27.7 Å². The Hall–Kier alpha value is -1.26. The second-order valence-corrected chi connectivity index (χ2v) is 4.61. The largest absolute Gasteiger partial charge is 0.496 e. The van der Waals surface area contributed by atoms with E-state index in [1.807, 2.05) is 12.1 Å². The first-order valence-electron chi connectivity index (χ1n) is 5.78. The fraction of sp³-hybridized carbons (Fsp3) is 0.462. The van der Waals surface area contributed by atoms with Crippen molar-refractivity contribution in [2.45, 2.75) is 13.0 Å². The monoisotopic (exact) mass is 270 g/mol. The summed E-state index contributed by atoms with van der Waals surface area (Å²) in [7, 11) is 5.13. The van der Waals surface area contributed by atoms with Gasteiger partial charge in [-0.25, -0.2) is 0 Å². The van der Waals surface area contributed by atoms with E-state index in [0.29, 0.717) is 24.5 Å². The molecule has 0 radical (unpaired) electrons. The minimum Gasteiger partial charge on any atom is -0.496 e. The van der Waals surface area contributed by atoms with Gasteiger partial charge >= 0.3 is 0 Å². The second kappa shape index (κ2) is 7.24. The summed E-state index contributed by atoms with van der Waals surface area (Å²) in [6, 6.07) is 5.49. The molecule has 0 heterocycles. The van der Waals surface area contributed by atoms with Crippen molar-refractivity contribution in [3.8, 4) is 5.75 Å². The number of nitrogens with zero attached hydrogens (tertiary/aromatic N) is 1. The Morgan fingerprint density at radius 3 is 2.78 bits per heavy atom. The van der Waals surface area contributed by atoms with Crippen LogP contribution in [0.4, 0.5) is 0 Å². The zero-order valence-corrected chi connectivity index (χ0v) is 11.8. The molecular weight excluding hydrogens is 252 g/mol. The van der Waals surface area contributed by atoms with Crippen LogP contribution in [0.1, 0.15) is 12.0 Å². The van der Waals surface area contributed by atoms with E-state index in [4.69, 9.17) is 16.3 Å². The predicted octanol–water partition coefficient (Wildman–Crippen LogP) is 1.92. The SMILES string of the molecule is COc1ccc(Cl)cc1CNCCC(=O)N(C)C. The number of amides is 1. The molecule has 0 atom stereocenters. The van der Waals surface area contributed by atoms with Gasteiger partial charge in [0.15, 0.2) is 0 Å². The van der Waals surface area contributed by atoms with Crippen LogP contribution in [0.2, 0.25) is 5.02 Å². The van der Waals surface area contributed by atoms with Crippen LogP contribution >= 0.6 is 11.6 Å². The molecule has 4 nitrogen and oxygen atoms in total.